The van der Waals surface area contributed by atoms with Gasteiger partial charge in [0.05, 0.1) is 12.6 Å². The molecule has 0 amide bonds. The largest absolute Gasteiger partial charge is 0.464 e. The van der Waals surface area contributed by atoms with Gasteiger partial charge in [0, 0.05) is 5.39 Å². The molecule has 0 fully saturated rings. The molecule has 2 aromatic rings. The molecule has 1 aromatic carbocycles. The Labute approximate surface area is 100 Å². The fourth-order valence-corrected chi connectivity index (χ4v) is 1.85. The Morgan fingerprint density at radius 3 is 2.65 bits per heavy atom. The molecule has 0 aliphatic carbocycles. The van der Waals surface area contributed by atoms with Crippen molar-refractivity contribution in [1.29, 1.82) is 0 Å². The highest BCUT2D eigenvalue weighted by Crippen LogP contribution is 2.24. The molecule has 0 N–H and O–H groups in total. The normalized spacial score (nSPS) is 10.8. The van der Waals surface area contributed by atoms with Crippen LogP contribution >= 0.6 is 0 Å². The third kappa shape index (κ3) is 2.13. The highest BCUT2D eigenvalue weighted by atomic mass is 16.5. The summed E-state index contributed by atoms with van der Waals surface area (Å²) < 4.78 is 4.68. The summed E-state index contributed by atoms with van der Waals surface area (Å²) in [6.45, 7) is 4.22. The smallest absolute Gasteiger partial charge is 0.356 e. The minimum Gasteiger partial charge on any atom is -0.464 e. The number of hydrogen-bond donors (Lipinski definition) is 0. The van der Waals surface area contributed by atoms with Crippen LogP contribution in [0.2, 0.25) is 0 Å². The van der Waals surface area contributed by atoms with Gasteiger partial charge in [-0.1, -0.05) is 38.1 Å². The Bertz CT molecular complexity index is 561. The summed E-state index contributed by atoms with van der Waals surface area (Å²) in [5, 5.41) is 1.05. The maximum Gasteiger partial charge on any atom is 0.356 e. The third-order valence-electron chi connectivity index (χ3n) is 2.77. The van der Waals surface area contributed by atoms with E-state index >= 15 is 0 Å². The van der Waals surface area contributed by atoms with Gasteiger partial charge in [0.1, 0.15) is 5.69 Å². The zero-order valence-electron chi connectivity index (χ0n) is 10.2. The molecule has 88 valence electrons. The number of methoxy groups -OCH3 is 1. The third-order valence-corrected chi connectivity index (χ3v) is 2.77. The highest BCUT2D eigenvalue weighted by molar-refractivity contribution is 5.91. The van der Waals surface area contributed by atoms with Crippen molar-refractivity contribution < 1.29 is 9.53 Å². The molecule has 0 radical (unpaired) electrons. The number of carbonyl (C=O) groups is 1. The van der Waals surface area contributed by atoms with Crippen molar-refractivity contribution in [2.45, 2.75) is 19.8 Å². The number of esters is 1. The van der Waals surface area contributed by atoms with Gasteiger partial charge in [0.15, 0.2) is 0 Å². The molecule has 0 saturated carbocycles. The maximum atomic E-state index is 11.5. The molecule has 0 aliphatic heterocycles. The van der Waals surface area contributed by atoms with E-state index in [4.69, 9.17) is 0 Å². The van der Waals surface area contributed by atoms with E-state index in [2.05, 4.69) is 23.6 Å². The molecule has 0 bridgehead atoms. The zero-order chi connectivity index (χ0) is 12.4. The average molecular weight is 229 g/mol. The number of para-hydroxylation sites is 1. The first-order chi connectivity index (χ1) is 8.13. The van der Waals surface area contributed by atoms with E-state index < -0.39 is 5.97 Å². The predicted molar refractivity (Wildman–Crippen MR) is 67.2 cm³/mol. The topological polar surface area (TPSA) is 39.2 Å². The average Bonchev–Trinajstić information content (AvgIpc) is 2.36. The fourth-order valence-electron chi connectivity index (χ4n) is 1.85. The summed E-state index contributed by atoms with van der Waals surface area (Å²) in [6.07, 6.45) is 0. The zero-order valence-corrected chi connectivity index (χ0v) is 10.2. The summed E-state index contributed by atoms with van der Waals surface area (Å²) in [7, 11) is 1.36. The van der Waals surface area contributed by atoms with Gasteiger partial charge in [-0.05, 0) is 17.5 Å². The molecule has 0 unspecified atom stereocenters. The minimum absolute atomic E-state index is 0.355. The van der Waals surface area contributed by atoms with E-state index in [0.29, 0.717) is 11.6 Å². The monoisotopic (exact) mass is 229 g/mol. The van der Waals surface area contributed by atoms with Crippen LogP contribution in [0.1, 0.15) is 35.8 Å². The quantitative estimate of drug-likeness (QED) is 0.742. The highest BCUT2D eigenvalue weighted by Gasteiger charge is 2.11. The van der Waals surface area contributed by atoms with Crippen LogP contribution in [0.3, 0.4) is 0 Å². The molecule has 0 spiro atoms. The van der Waals surface area contributed by atoms with Crippen molar-refractivity contribution in [2.24, 2.45) is 0 Å². The molecular weight excluding hydrogens is 214 g/mol. The number of carbonyl (C=O) groups excluding carboxylic acids is 1. The molecular formula is C14H15NO2. The number of fused-ring (bicyclic) bond motifs is 1. The second-order valence-corrected chi connectivity index (χ2v) is 4.26. The van der Waals surface area contributed by atoms with Crippen LogP contribution in [0.25, 0.3) is 10.9 Å². The van der Waals surface area contributed by atoms with Crippen LogP contribution in [0.5, 0.6) is 0 Å². The fraction of sp³-hybridized carbons (Fsp3) is 0.286. The molecule has 1 heterocycles. The van der Waals surface area contributed by atoms with E-state index in [1.54, 1.807) is 6.07 Å². The Balaban J connectivity index is 2.65. The van der Waals surface area contributed by atoms with Gasteiger partial charge in [-0.3, -0.25) is 0 Å². The number of ether oxygens (including phenoxy) is 1. The Morgan fingerprint density at radius 2 is 2.00 bits per heavy atom. The van der Waals surface area contributed by atoms with E-state index in [-0.39, 0.29) is 0 Å². The number of benzene rings is 1. The second kappa shape index (κ2) is 4.53. The maximum absolute atomic E-state index is 11.5. The van der Waals surface area contributed by atoms with Crippen molar-refractivity contribution >= 4 is 16.9 Å². The molecule has 3 heteroatoms. The van der Waals surface area contributed by atoms with Gasteiger partial charge in [-0.15, -0.1) is 0 Å². The van der Waals surface area contributed by atoms with Crippen LogP contribution in [0.4, 0.5) is 0 Å². The first-order valence-corrected chi connectivity index (χ1v) is 5.61. The molecule has 0 aliphatic rings. The van der Waals surface area contributed by atoms with Gasteiger partial charge in [0.2, 0.25) is 0 Å². The first-order valence-electron chi connectivity index (χ1n) is 5.61. The molecule has 0 saturated heterocycles. The van der Waals surface area contributed by atoms with Crippen molar-refractivity contribution in [3.05, 3.63) is 41.6 Å². The second-order valence-electron chi connectivity index (χ2n) is 4.26. The first kappa shape index (κ1) is 11.6. The summed E-state index contributed by atoms with van der Waals surface area (Å²) in [5.41, 5.74) is 2.38. The lowest BCUT2D eigenvalue weighted by Crippen LogP contribution is -2.05. The number of hydrogen-bond acceptors (Lipinski definition) is 3. The number of rotatable bonds is 2. The van der Waals surface area contributed by atoms with Gasteiger partial charge in [-0.2, -0.15) is 0 Å². The van der Waals surface area contributed by atoms with Crippen LogP contribution in [-0.2, 0) is 4.74 Å². The minimum atomic E-state index is -0.398. The Hall–Kier alpha value is -1.90. The predicted octanol–water partition coefficient (Wildman–Crippen LogP) is 3.14. The standard InChI is InChI=1S/C14H15NO2/c1-9(2)11-6-4-5-10-7-8-12(14(16)17-3)15-13(10)11/h4-9H,1-3H3. The summed E-state index contributed by atoms with van der Waals surface area (Å²) in [6, 6.07) is 9.65. The van der Waals surface area contributed by atoms with Crippen molar-refractivity contribution in [2.75, 3.05) is 7.11 Å². The number of nitrogens with zero attached hydrogens (tertiary/aromatic N) is 1. The molecule has 17 heavy (non-hydrogen) atoms. The van der Waals surface area contributed by atoms with E-state index in [1.807, 2.05) is 24.3 Å². The van der Waals surface area contributed by atoms with Gasteiger partial charge < -0.3 is 4.74 Å². The van der Waals surface area contributed by atoms with Gasteiger partial charge in [0.25, 0.3) is 0 Å². The van der Waals surface area contributed by atoms with Crippen LogP contribution in [0.15, 0.2) is 30.3 Å². The summed E-state index contributed by atoms with van der Waals surface area (Å²) >= 11 is 0. The number of pyridine rings is 1. The molecule has 2 rings (SSSR count). The molecule has 0 atom stereocenters. The Morgan fingerprint density at radius 1 is 1.24 bits per heavy atom. The molecule has 1 aromatic heterocycles. The lowest BCUT2D eigenvalue weighted by atomic mass is 9.99. The Kier molecular flexibility index (Phi) is 3.09. The number of aromatic nitrogens is 1. The van der Waals surface area contributed by atoms with Crippen molar-refractivity contribution in [1.82, 2.24) is 4.98 Å². The lowest BCUT2D eigenvalue weighted by molar-refractivity contribution is 0.0594. The van der Waals surface area contributed by atoms with Crippen LogP contribution in [-0.4, -0.2) is 18.1 Å². The van der Waals surface area contributed by atoms with Gasteiger partial charge >= 0.3 is 5.97 Å². The summed E-state index contributed by atoms with van der Waals surface area (Å²) in [5.74, 6) is -0.0236. The van der Waals surface area contributed by atoms with Crippen LogP contribution < -0.4 is 0 Å². The van der Waals surface area contributed by atoms with E-state index in [9.17, 15) is 4.79 Å². The van der Waals surface area contributed by atoms with E-state index in [1.165, 1.54) is 7.11 Å². The van der Waals surface area contributed by atoms with Crippen LogP contribution in [0, 0.1) is 0 Å². The molecule has 3 nitrogen and oxygen atoms in total. The van der Waals surface area contributed by atoms with Crippen molar-refractivity contribution in [3.63, 3.8) is 0 Å². The van der Waals surface area contributed by atoms with E-state index in [0.717, 1.165) is 16.5 Å². The van der Waals surface area contributed by atoms with Gasteiger partial charge in [-0.25, -0.2) is 9.78 Å². The van der Waals surface area contributed by atoms with Crippen molar-refractivity contribution in [3.8, 4) is 0 Å². The SMILES string of the molecule is COC(=O)c1ccc2cccc(C(C)C)c2n1. The lowest BCUT2D eigenvalue weighted by Gasteiger charge is -2.09. The summed E-state index contributed by atoms with van der Waals surface area (Å²) in [4.78, 5) is 15.8.